The number of amides is 1. The number of nitrogens with zero attached hydrogens (tertiary/aromatic N) is 1. The first-order chi connectivity index (χ1) is 7.02. The molecule has 5 heteroatoms. The second kappa shape index (κ2) is 3.48. The molecule has 1 unspecified atom stereocenters. The first-order valence-corrected chi connectivity index (χ1v) is 5.33. The summed E-state index contributed by atoms with van der Waals surface area (Å²) >= 11 is 0. The van der Waals surface area contributed by atoms with Crippen LogP contribution in [-0.2, 0) is 9.59 Å². The van der Waals surface area contributed by atoms with Gasteiger partial charge in [0.25, 0.3) is 0 Å². The van der Waals surface area contributed by atoms with Gasteiger partial charge in [-0.15, -0.1) is 0 Å². The van der Waals surface area contributed by atoms with Crippen molar-refractivity contribution in [2.24, 2.45) is 11.7 Å². The third-order valence-corrected chi connectivity index (χ3v) is 3.57. The van der Waals surface area contributed by atoms with Crippen molar-refractivity contribution in [3.63, 3.8) is 0 Å². The summed E-state index contributed by atoms with van der Waals surface area (Å²) in [6, 6.07) is -1.09. The summed E-state index contributed by atoms with van der Waals surface area (Å²) in [6.45, 7) is 2.04. The van der Waals surface area contributed by atoms with Crippen LogP contribution in [-0.4, -0.2) is 40.0 Å². The predicted molar refractivity (Wildman–Crippen MR) is 53.0 cm³/mol. The topological polar surface area (TPSA) is 83.6 Å². The third-order valence-electron chi connectivity index (χ3n) is 3.57. The Hall–Kier alpha value is -1.10. The van der Waals surface area contributed by atoms with Gasteiger partial charge in [-0.2, -0.15) is 0 Å². The second-order valence-corrected chi connectivity index (χ2v) is 4.56. The molecule has 2 heterocycles. The average molecular weight is 212 g/mol. The number of piperidine rings is 1. The van der Waals surface area contributed by atoms with E-state index >= 15 is 0 Å². The van der Waals surface area contributed by atoms with Gasteiger partial charge in [0, 0.05) is 6.04 Å². The van der Waals surface area contributed by atoms with Crippen molar-refractivity contribution in [2.75, 3.05) is 0 Å². The Balaban J connectivity index is 2.26. The lowest BCUT2D eigenvalue weighted by Crippen LogP contribution is -2.57. The summed E-state index contributed by atoms with van der Waals surface area (Å²) in [7, 11) is 0. The largest absolute Gasteiger partial charge is 0.480 e. The molecule has 0 saturated carbocycles. The van der Waals surface area contributed by atoms with Crippen LogP contribution in [0.25, 0.3) is 0 Å². The van der Waals surface area contributed by atoms with E-state index in [-0.39, 0.29) is 11.9 Å². The molecule has 84 valence electrons. The summed E-state index contributed by atoms with van der Waals surface area (Å²) < 4.78 is 0. The monoisotopic (exact) mass is 212 g/mol. The highest BCUT2D eigenvalue weighted by molar-refractivity contribution is 5.88. The zero-order valence-corrected chi connectivity index (χ0v) is 8.72. The van der Waals surface area contributed by atoms with Gasteiger partial charge in [-0.05, 0) is 25.2 Å². The summed E-state index contributed by atoms with van der Waals surface area (Å²) in [5.41, 5.74) is 5.70. The molecule has 0 aromatic heterocycles. The van der Waals surface area contributed by atoms with Crippen molar-refractivity contribution in [2.45, 2.75) is 44.3 Å². The number of rotatable bonds is 1. The maximum Gasteiger partial charge on any atom is 0.326 e. The molecule has 2 fully saturated rings. The van der Waals surface area contributed by atoms with E-state index < -0.39 is 18.1 Å². The Morgan fingerprint density at radius 2 is 2.20 bits per heavy atom. The molecular weight excluding hydrogens is 196 g/mol. The number of hydrogen-bond donors (Lipinski definition) is 2. The molecule has 0 aromatic rings. The average Bonchev–Trinajstić information content (AvgIpc) is 2.58. The predicted octanol–water partition coefficient (Wildman–Crippen LogP) is -0.202. The number of nitrogens with two attached hydrogens (primary N) is 1. The molecule has 2 aliphatic heterocycles. The number of aliphatic carboxylic acids is 1. The second-order valence-electron chi connectivity index (χ2n) is 4.56. The van der Waals surface area contributed by atoms with Crippen LogP contribution >= 0.6 is 0 Å². The van der Waals surface area contributed by atoms with Crippen molar-refractivity contribution in [3.8, 4) is 0 Å². The number of carboxylic acids is 1. The zero-order chi connectivity index (χ0) is 11.2. The van der Waals surface area contributed by atoms with Crippen LogP contribution < -0.4 is 5.73 Å². The molecule has 4 atom stereocenters. The Bertz CT molecular complexity index is 305. The third kappa shape index (κ3) is 1.51. The molecule has 0 bridgehead atoms. The first kappa shape index (κ1) is 10.4. The Morgan fingerprint density at radius 1 is 1.53 bits per heavy atom. The smallest absolute Gasteiger partial charge is 0.326 e. The van der Waals surface area contributed by atoms with Crippen molar-refractivity contribution >= 4 is 11.9 Å². The highest BCUT2D eigenvalue weighted by atomic mass is 16.4. The maximum absolute atomic E-state index is 11.8. The lowest BCUT2D eigenvalue weighted by Gasteiger charge is -2.39. The lowest BCUT2D eigenvalue weighted by molar-refractivity contribution is -0.153. The molecule has 0 radical (unpaired) electrons. The van der Waals surface area contributed by atoms with Gasteiger partial charge < -0.3 is 15.7 Å². The highest BCUT2D eigenvalue weighted by Gasteiger charge is 2.47. The molecular formula is C10H16N2O3. The van der Waals surface area contributed by atoms with E-state index in [4.69, 9.17) is 10.8 Å². The molecule has 0 aliphatic carbocycles. The van der Waals surface area contributed by atoms with Gasteiger partial charge in [0.2, 0.25) is 5.91 Å². The fourth-order valence-electron chi connectivity index (χ4n) is 2.81. The van der Waals surface area contributed by atoms with E-state index in [1.165, 1.54) is 4.90 Å². The van der Waals surface area contributed by atoms with E-state index in [9.17, 15) is 9.59 Å². The van der Waals surface area contributed by atoms with Gasteiger partial charge in [0.15, 0.2) is 0 Å². The molecule has 2 aliphatic rings. The summed E-state index contributed by atoms with van der Waals surface area (Å²) in [6.07, 6.45) is 2.02. The van der Waals surface area contributed by atoms with Crippen molar-refractivity contribution in [1.29, 1.82) is 0 Å². The fraction of sp³-hybridized carbons (Fsp3) is 0.800. The highest BCUT2D eigenvalue weighted by Crippen LogP contribution is 2.35. The van der Waals surface area contributed by atoms with Gasteiger partial charge in [-0.25, -0.2) is 4.79 Å². The Labute approximate surface area is 88.2 Å². The number of carbonyl (C=O) groups excluding carboxylic acids is 1. The molecule has 0 spiro atoms. The Kier molecular flexibility index (Phi) is 2.42. The number of hydrogen-bond acceptors (Lipinski definition) is 3. The minimum Gasteiger partial charge on any atom is -0.480 e. The van der Waals surface area contributed by atoms with Crippen LogP contribution in [0.15, 0.2) is 0 Å². The van der Waals surface area contributed by atoms with Crippen LogP contribution in [0.3, 0.4) is 0 Å². The van der Waals surface area contributed by atoms with E-state index in [2.05, 4.69) is 0 Å². The molecule has 5 nitrogen and oxygen atoms in total. The van der Waals surface area contributed by atoms with Gasteiger partial charge in [-0.1, -0.05) is 6.92 Å². The minimum atomic E-state index is -0.910. The molecule has 0 aromatic carbocycles. The van der Waals surface area contributed by atoms with Crippen LogP contribution in [0.2, 0.25) is 0 Å². The Morgan fingerprint density at radius 3 is 2.80 bits per heavy atom. The molecule has 1 amide bonds. The van der Waals surface area contributed by atoms with Gasteiger partial charge >= 0.3 is 5.97 Å². The van der Waals surface area contributed by atoms with Crippen molar-refractivity contribution < 1.29 is 14.7 Å². The van der Waals surface area contributed by atoms with E-state index in [1.54, 1.807) is 0 Å². The van der Waals surface area contributed by atoms with Crippen molar-refractivity contribution in [3.05, 3.63) is 0 Å². The van der Waals surface area contributed by atoms with Crippen LogP contribution in [0.4, 0.5) is 0 Å². The summed E-state index contributed by atoms with van der Waals surface area (Å²) in [5.74, 6) is -0.794. The number of carboxylic acid groups (broad SMARTS) is 1. The van der Waals surface area contributed by atoms with Crippen LogP contribution in [0.1, 0.15) is 26.2 Å². The van der Waals surface area contributed by atoms with Crippen LogP contribution in [0.5, 0.6) is 0 Å². The van der Waals surface area contributed by atoms with Gasteiger partial charge in [0.1, 0.15) is 6.04 Å². The van der Waals surface area contributed by atoms with Gasteiger partial charge in [0.05, 0.1) is 6.04 Å². The van der Waals surface area contributed by atoms with E-state index in [0.717, 1.165) is 6.42 Å². The molecule has 2 rings (SSSR count). The number of carbonyl (C=O) groups is 2. The lowest BCUT2D eigenvalue weighted by atomic mass is 9.88. The molecule has 15 heavy (non-hydrogen) atoms. The SMILES string of the molecule is C[C@H]1C[C@H](N)C(=O)N2C1CC[C@H]2C(=O)O. The normalized spacial score (nSPS) is 40.4. The fourth-order valence-corrected chi connectivity index (χ4v) is 2.81. The molecule has 3 N–H and O–H groups in total. The maximum atomic E-state index is 11.8. The molecule has 2 saturated heterocycles. The van der Waals surface area contributed by atoms with E-state index in [1.807, 2.05) is 6.92 Å². The minimum absolute atomic E-state index is 0.0819. The summed E-state index contributed by atoms with van der Waals surface area (Å²) in [4.78, 5) is 24.3. The zero-order valence-electron chi connectivity index (χ0n) is 8.72. The number of fused-ring (bicyclic) bond motifs is 1. The standard InChI is InChI=1S/C10H16N2O3/c1-5-4-6(11)9(13)12-7(5)2-3-8(12)10(14)15/h5-8H,2-4,11H2,1H3,(H,14,15)/t5-,6-,7?,8-/m0/s1. The van der Waals surface area contributed by atoms with Crippen LogP contribution in [0, 0.1) is 5.92 Å². The van der Waals surface area contributed by atoms with Crippen molar-refractivity contribution in [1.82, 2.24) is 4.90 Å². The first-order valence-electron chi connectivity index (χ1n) is 5.33. The quantitative estimate of drug-likeness (QED) is 0.630. The van der Waals surface area contributed by atoms with E-state index in [0.29, 0.717) is 18.8 Å². The van der Waals surface area contributed by atoms with Gasteiger partial charge in [-0.3, -0.25) is 4.79 Å². The summed E-state index contributed by atoms with van der Waals surface area (Å²) in [5, 5.41) is 9.01.